The zero-order valence-electron chi connectivity index (χ0n) is 13.7. The number of amides is 2. The van der Waals surface area contributed by atoms with Gasteiger partial charge in [0.1, 0.15) is 22.3 Å². The Morgan fingerprint density at radius 2 is 1.73 bits per heavy atom. The average Bonchev–Trinajstić information content (AvgIpc) is 3.16. The number of hydrogen-bond donors (Lipinski definition) is 2. The molecule has 0 saturated carbocycles. The topological polar surface area (TPSA) is 80.3 Å². The molecule has 0 aliphatic rings. The zero-order chi connectivity index (χ0) is 18.5. The third kappa shape index (κ3) is 3.86. The molecule has 8 heteroatoms. The summed E-state index contributed by atoms with van der Waals surface area (Å²) in [6.45, 7) is 0. The van der Waals surface area contributed by atoms with Gasteiger partial charge in [-0.05, 0) is 36.4 Å². The first kappa shape index (κ1) is 17.6. The second kappa shape index (κ2) is 7.75. The Balaban J connectivity index is 1.64. The van der Waals surface area contributed by atoms with Crippen LogP contribution in [0.4, 0.5) is 4.39 Å². The van der Waals surface area contributed by atoms with Gasteiger partial charge in [0.2, 0.25) is 0 Å². The van der Waals surface area contributed by atoms with Crippen LogP contribution >= 0.6 is 11.3 Å². The quantitative estimate of drug-likeness (QED) is 0.691. The Bertz CT molecular complexity index is 941. The van der Waals surface area contributed by atoms with E-state index >= 15 is 0 Å². The van der Waals surface area contributed by atoms with Crippen molar-refractivity contribution in [1.29, 1.82) is 0 Å². The van der Waals surface area contributed by atoms with E-state index in [4.69, 9.17) is 4.74 Å². The van der Waals surface area contributed by atoms with Crippen molar-refractivity contribution in [3.8, 4) is 16.3 Å². The molecule has 2 amide bonds. The minimum atomic E-state index is -0.748. The van der Waals surface area contributed by atoms with Gasteiger partial charge >= 0.3 is 0 Å². The minimum absolute atomic E-state index is 0.148. The van der Waals surface area contributed by atoms with E-state index in [0.717, 1.165) is 17.4 Å². The molecule has 0 saturated heterocycles. The Labute approximate surface area is 152 Å². The first-order chi connectivity index (χ1) is 12.6. The number of rotatable bonds is 4. The van der Waals surface area contributed by atoms with Crippen LogP contribution in [0, 0.1) is 5.82 Å². The number of ether oxygens (including phenoxy) is 1. The first-order valence-corrected chi connectivity index (χ1v) is 8.41. The number of carbonyl (C=O) groups is 2. The van der Waals surface area contributed by atoms with Gasteiger partial charge in [-0.3, -0.25) is 20.4 Å². The van der Waals surface area contributed by atoms with Gasteiger partial charge in [-0.2, -0.15) is 0 Å². The summed E-state index contributed by atoms with van der Waals surface area (Å²) in [6, 6.07) is 12.7. The van der Waals surface area contributed by atoms with Gasteiger partial charge in [-0.25, -0.2) is 9.37 Å². The summed E-state index contributed by atoms with van der Waals surface area (Å²) < 4.78 is 18.6. The highest BCUT2D eigenvalue weighted by Gasteiger charge is 2.15. The van der Waals surface area contributed by atoms with Crippen LogP contribution in [0.25, 0.3) is 10.6 Å². The van der Waals surface area contributed by atoms with Crippen LogP contribution in [0.5, 0.6) is 5.75 Å². The van der Waals surface area contributed by atoms with Crippen LogP contribution in [0.3, 0.4) is 0 Å². The molecule has 0 unspecified atom stereocenters. The van der Waals surface area contributed by atoms with E-state index in [1.165, 1.54) is 29.5 Å². The van der Waals surface area contributed by atoms with E-state index < -0.39 is 17.6 Å². The summed E-state index contributed by atoms with van der Waals surface area (Å²) in [7, 11) is 1.58. The van der Waals surface area contributed by atoms with Crippen LogP contribution in [0.15, 0.2) is 53.9 Å². The van der Waals surface area contributed by atoms with Crippen molar-refractivity contribution in [2.24, 2.45) is 0 Å². The molecule has 1 aromatic heterocycles. The zero-order valence-corrected chi connectivity index (χ0v) is 14.5. The van der Waals surface area contributed by atoms with E-state index in [2.05, 4.69) is 15.8 Å². The summed E-state index contributed by atoms with van der Waals surface area (Å²) in [5.74, 6) is -1.29. The largest absolute Gasteiger partial charge is 0.497 e. The van der Waals surface area contributed by atoms with Gasteiger partial charge < -0.3 is 4.74 Å². The van der Waals surface area contributed by atoms with Crippen LogP contribution in [-0.4, -0.2) is 23.9 Å². The predicted octanol–water partition coefficient (Wildman–Crippen LogP) is 3.03. The van der Waals surface area contributed by atoms with Crippen LogP contribution in [-0.2, 0) is 0 Å². The van der Waals surface area contributed by atoms with Crippen molar-refractivity contribution in [2.75, 3.05) is 7.11 Å². The lowest BCUT2D eigenvalue weighted by Gasteiger charge is -2.06. The normalized spacial score (nSPS) is 10.2. The second-order valence-corrected chi connectivity index (χ2v) is 6.01. The number of nitrogens with zero attached hydrogens (tertiary/aromatic N) is 1. The Morgan fingerprint density at radius 1 is 1.04 bits per heavy atom. The van der Waals surface area contributed by atoms with Crippen molar-refractivity contribution in [3.63, 3.8) is 0 Å². The molecule has 1 heterocycles. The van der Waals surface area contributed by atoms with Gasteiger partial charge in [0.25, 0.3) is 11.8 Å². The third-order valence-electron chi connectivity index (χ3n) is 3.48. The molecule has 0 aliphatic carbocycles. The highest BCUT2D eigenvalue weighted by atomic mass is 32.1. The predicted molar refractivity (Wildman–Crippen MR) is 95.4 cm³/mol. The molecule has 0 fully saturated rings. The number of hydrazine groups is 1. The smallest absolute Gasteiger partial charge is 0.289 e. The van der Waals surface area contributed by atoms with Gasteiger partial charge in [-0.1, -0.05) is 12.1 Å². The number of benzene rings is 2. The summed E-state index contributed by atoms with van der Waals surface area (Å²) in [4.78, 5) is 28.3. The summed E-state index contributed by atoms with van der Waals surface area (Å²) in [5.41, 5.74) is 5.22. The van der Waals surface area contributed by atoms with Crippen molar-refractivity contribution < 1.29 is 18.7 Å². The Morgan fingerprint density at radius 3 is 2.42 bits per heavy atom. The fourth-order valence-electron chi connectivity index (χ4n) is 2.13. The van der Waals surface area contributed by atoms with Gasteiger partial charge in [0.05, 0.1) is 12.7 Å². The van der Waals surface area contributed by atoms with E-state index in [0.29, 0.717) is 5.01 Å². The monoisotopic (exact) mass is 371 g/mol. The first-order valence-electron chi connectivity index (χ1n) is 7.53. The standard InChI is InChI=1S/C18H14FN3O3S/c1-25-12-8-6-11(7-9-12)18-20-15(10-26-18)17(24)22-21-16(23)13-4-2-3-5-14(13)19/h2-10H,1H3,(H,21,23)(H,22,24). The molecular formula is C18H14FN3O3S. The molecule has 132 valence electrons. The molecule has 3 rings (SSSR count). The summed E-state index contributed by atoms with van der Waals surface area (Å²) >= 11 is 1.29. The second-order valence-electron chi connectivity index (χ2n) is 5.15. The van der Waals surface area contributed by atoms with Crippen LogP contribution in [0.1, 0.15) is 20.8 Å². The third-order valence-corrected chi connectivity index (χ3v) is 4.37. The number of thiazole rings is 1. The minimum Gasteiger partial charge on any atom is -0.497 e. The summed E-state index contributed by atoms with van der Waals surface area (Å²) in [5, 5.41) is 2.22. The van der Waals surface area contributed by atoms with Crippen molar-refractivity contribution in [3.05, 3.63) is 71.0 Å². The molecular weight excluding hydrogens is 357 g/mol. The van der Waals surface area contributed by atoms with Gasteiger partial charge in [0, 0.05) is 10.9 Å². The van der Waals surface area contributed by atoms with Gasteiger partial charge in [-0.15, -0.1) is 11.3 Å². The van der Waals surface area contributed by atoms with Crippen LogP contribution in [0.2, 0.25) is 0 Å². The fraction of sp³-hybridized carbons (Fsp3) is 0.0556. The number of hydrogen-bond acceptors (Lipinski definition) is 5. The van der Waals surface area contributed by atoms with Crippen molar-refractivity contribution >= 4 is 23.2 Å². The maximum Gasteiger partial charge on any atom is 0.289 e. The number of methoxy groups -OCH3 is 1. The summed E-state index contributed by atoms with van der Waals surface area (Å²) in [6.07, 6.45) is 0. The average molecular weight is 371 g/mol. The lowest BCUT2D eigenvalue weighted by atomic mass is 10.2. The fourth-order valence-corrected chi connectivity index (χ4v) is 2.94. The molecule has 0 radical (unpaired) electrons. The van der Waals surface area contributed by atoms with E-state index in [-0.39, 0.29) is 11.3 Å². The molecule has 3 aromatic rings. The maximum absolute atomic E-state index is 13.5. The lowest BCUT2D eigenvalue weighted by Crippen LogP contribution is -2.42. The van der Waals surface area contributed by atoms with Crippen molar-refractivity contribution in [2.45, 2.75) is 0 Å². The molecule has 6 nitrogen and oxygen atoms in total. The van der Waals surface area contributed by atoms with Crippen LogP contribution < -0.4 is 15.6 Å². The molecule has 2 N–H and O–H groups in total. The number of aromatic nitrogens is 1. The molecule has 0 bridgehead atoms. The molecule has 26 heavy (non-hydrogen) atoms. The molecule has 2 aromatic carbocycles. The lowest BCUT2D eigenvalue weighted by molar-refractivity contribution is 0.0842. The number of halogens is 1. The van der Waals surface area contributed by atoms with E-state index in [1.807, 2.05) is 12.1 Å². The SMILES string of the molecule is COc1ccc(-c2nc(C(=O)NNC(=O)c3ccccc3F)cs2)cc1. The van der Waals surface area contributed by atoms with E-state index in [9.17, 15) is 14.0 Å². The Hall–Kier alpha value is -3.26. The molecule has 0 aliphatic heterocycles. The van der Waals surface area contributed by atoms with Crippen molar-refractivity contribution in [1.82, 2.24) is 15.8 Å². The van der Waals surface area contributed by atoms with E-state index in [1.54, 1.807) is 24.6 Å². The highest BCUT2D eigenvalue weighted by molar-refractivity contribution is 7.13. The number of carbonyl (C=O) groups excluding carboxylic acids is 2. The maximum atomic E-state index is 13.5. The highest BCUT2D eigenvalue weighted by Crippen LogP contribution is 2.25. The molecule has 0 atom stereocenters. The Kier molecular flexibility index (Phi) is 5.23. The molecule has 0 spiro atoms. The van der Waals surface area contributed by atoms with Gasteiger partial charge in [0.15, 0.2) is 0 Å². The number of nitrogens with one attached hydrogen (secondary N) is 2.